The fraction of sp³-hybridized carbons (Fsp3) is 0.261. The predicted octanol–water partition coefficient (Wildman–Crippen LogP) is 3.09. The van der Waals surface area contributed by atoms with Crippen molar-refractivity contribution in [3.05, 3.63) is 60.2 Å². The summed E-state index contributed by atoms with van der Waals surface area (Å²) >= 11 is 0. The van der Waals surface area contributed by atoms with E-state index in [0.29, 0.717) is 47.2 Å². The van der Waals surface area contributed by atoms with E-state index in [4.69, 9.17) is 14.2 Å². The van der Waals surface area contributed by atoms with Gasteiger partial charge in [-0.1, -0.05) is 24.8 Å². The van der Waals surface area contributed by atoms with Crippen LogP contribution in [0.2, 0.25) is 0 Å². The summed E-state index contributed by atoms with van der Waals surface area (Å²) in [6.45, 7) is 7.70. The molecular weight excluding hydrogens is 400 g/mol. The van der Waals surface area contributed by atoms with Gasteiger partial charge in [0.2, 0.25) is 0 Å². The first-order valence-electron chi connectivity index (χ1n) is 9.89. The zero-order valence-electron chi connectivity index (χ0n) is 17.5. The Morgan fingerprint density at radius 3 is 2.35 bits per heavy atom. The number of anilines is 1. The fourth-order valence-electron chi connectivity index (χ4n) is 3.15. The standard InChI is InChI=1S/C23H24N2O6/c1-4-29-19-11-10-16(12-20(19)30-5-2)24-21(26)14-31-22(27)13-25-15(3)17-8-6-7-9-18(17)23(25)28/h6-12H,3-5,13-14H2,1-2H3,(H,24,26). The Balaban J connectivity index is 1.53. The van der Waals surface area contributed by atoms with Gasteiger partial charge in [0.05, 0.1) is 13.2 Å². The average molecular weight is 424 g/mol. The Morgan fingerprint density at radius 1 is 1.00 bits per heavy atom. The number of hydrogen-bond donors (Lipinski definition) is 1. The SMILES string of the molecule is C=C1c2ccccc2C(=O)N1CC(=O)OCC(=O)Nc1ccc(OCC)c(OCC)c1. The summed E-state index contributed by atoms with van der Waals surface area (Å²) in [4.78, 5) is 38.0. The molecule has 1 N–H and O–H groups in total. The molecule has 2 aromatic rings. The van der Waals surface area contributed by atoms with Crippen molar-refractivity contribution in [3.63, 3.8) is 0 Å². The molecule has 162 valence electrons. The number of nitrogens with one attached hydrogen (secondary N) is 1. The summed E-state index contributed by atoms with van der Waals surface area (Å²) in [6.07, 6.45) is 0. The van der Waals surface area contributed by atoms with Crippen LogP contribution in [-0.4, -0.2) is 49.0 Å². The average Bonchev–Trinajstić information content (AvgIpc) is 2.99. The molecule has 8 nitrogen and oxygen atoms in total. The zero-order valence-corrected chi connectivity index (χ0v) is 17.5. The largest absolute Gasteiger partial charge is 0.490 e. The van der Waals surface area contributed by atoms with Crippen molar-refractivity contribution >= 4 is 29.2 Å². The van der Waals surface area contributed by atoms with E-state index in [0.717, 1.165) is 0 Å². The summed E-state index contributed by atoms with van der Waals surface area (Å²) in [5, 5.41) is 2.64. The molecule has 0 saturated heterocycles. The molecule has 0 atom stereocenters. The highest BCUT2D eigenvalue weighted by molar-refractivity contribution is 6.10. The van der Waals surface area contributed by atoms with Gasteiger partial charge in [0, 0.05) is 28.6 Å². The summed E-state index contributed by atoms with van der Waals surface area (Å²) in [7, 11) is 0. The summed E-state index contributed by atoms with van der Waals surface area (Å²) < 4.78 is 16.0. The number of esters is 1. The van der Waals surface area contributed by atoms with Gasteiger partial charge in [-0.15, -0.1) is 0 Å². The molecule has 0 spiro atoms. The van der Waals surface area contributed by atoms with E-state index in [-0.39, 0.29) is 12.5 Å². The molecule has 3 rings (SSSR count). The van der Waals surface area contributed by atoms with Gasteiger partial charge >= 0.3 is 5.97 Å². The molecule has 2 aromatic carbocycles. The maximum absolute atomic E-state index is 12.4. The maximum atomic E-state index is 12.4. The van der Waals surface area contributed by atoms with Crippen molar-refractivity contribution in [1.29, 1.82) is 0 Å². The lowest BCUT2D eigenvalue weighted by atomic mass is 10.1. The highest BCUT2D eigenvalue weighted by Crippen LogP contribution is 2.31. The molecule has 0 radical (unpaired) electrons. The van der Waals surface area contributed by atoms with Gasteiger partial charge in [-0.2, -0.15) is 0 Å². The monoisotopic (exact) mass is 424 g/mol. The number of nitrogens with zero attached hydrogens (tertiary/aromatic N) is 1. The lowest BCUT2D eigenvalue weighted by Gasteiger charge is -2.16. The molecule has 0 saturated carbocycles. The second kappa shape index (κ2) is 9.80. The fourth-order valence-corrected chi connectivity index (χ4v) is 3.15. The van der Waals surface area contributed by atoms with Crippen LogP contribution in [0.5, 0.6) is 11.5 Å². The smallest absolute Gasteiger partial charge is 0.326 e. The number of hydrogen-bond acceptors (Lipinski definition) is 6. The van der Waals surface area contributed by atoms with Crippen LogP contribution in [0.15, 0.2) is 49.0 Å². The lowest BCUT2D eigenvalue weighted by Crippen LogP contribution is -2.32. The summed E-state index contributed by atoms with van der Waals surface area (Å²) in [6, 6.07) is 12.0. The van der Waals surface area contributed by atoms with Crippen molar-refractivity contribution in [2.75, 3.05) is 31.7 Å². The molecule has 2 amide bonds. The third-order valence-electron chi connectivity index (χ3n) is 4.52. The molecule has 31 heavy (non-hydrogen) atoms. The van der Waals surface area contributed by atoms with Crippen molar-refractivity contribution in [2.24, 2.45) is 0 Å². The van der Waals surface area contributed by atoms with Crippen LogP contribution < -0.4 is 14.8 Å². The third-order valence-corrected chi connectivity index (χ3v) is 4.52. The Kier molecular flexibility index (Phi) is 6.92. The number of amides is 2. The van der Waals surface area contributed by atoms with E-state index in [1.165, 1.54) is 4.90 Å². The van der Waals surface area contributed by atoms with Crippen LogP contribution in [0.3, 0.4) is 0 Å². The number of benzene rings is 2. The number of carbonyl (C=O) groups excluding carboxylic acids is 3. The van der Waals surface area contributed by atoms with Crippen molar-refractivity contribution in [2.45, 2.75) is 13.8 Å². The number of carbonyl (C=O) groups is 3. The Hall–Kier alpha value is -3.81. The van der Waals surface area contributed by atoms with Crippen LogP contribution in [0, 0.1) is 0 Å². The quantitative estimate of drug-likeness (QED) is 0.622. The molecule has 1 aliphatic rings. The van der Waals surface area contributed by atoms with Gasteiger partial charge in [-0.05, 0) is 32.0 Å². The van der Waals surface area contributed by atoms with E-state index < -0.39 is 18.5 Å². The minimum Gasteiger partial charge on any atom is -0.490 e. The van der Waals surface area contributed by atoms with Crippen molar-refractivity contribution in [3.8, 4) is 11.5 Å². The first-order chi connectivity index (χ1) is 14.9. The Labute approximate surface area is 180 Å². The van der Waals surface area contributed by atoms with Crippen LogP contribution >= 0.6 is 0 Å². The molecule has 0 aromatic heterocycles. The second-order valence-electron chi connectivity index (χ2n) is 6.62. The van der Waals surface area contributed by atoms with Gasteiger partial charge in [-0.25, -0.2) is 0 Å². The minimum atomic E-state index is -0.709. The van der Waals surface area contributed by atoms with Gasteiger partial charge in [0.25, 0.3) is 11.8 Å². The molecule has 0 unspecified atom stereocenters. The molecule has 8 heteroatoms. The third kappa shape index (κ3) is 5.03. The van der Waals surface area contributed by atoms with Gasteiger partial charge < -0.3 is 19.5 Å². The molecule has 0 aliphatic carbocycles. The van der Waals surface area contributed by atoms with Crippen molar-refractivity contribution in [1.82, 2.24) is 4.90 Å². The van der Waals surface area contributed by atoms with E-state index in [2.05, 4.69) is 11.9 Å². The van der Waals surface area contributed by atoms with Crippen LogP contribution in [0.1, 0.15) is 29.8 Å². The topological polar surface area (TPSA) is 94.2 Å². The zero-order chi connectivity index (χ0) is 22.4. The first kappa shape index (κ1) is 21.9. The Bertz CT molecular complexity index is 982. The molecule has 1 heterocycles. The number of fused-ring (bicyclic) bond motifs is 1. The molecule has 1 aliphatic heterocycles. The molecular formula is C23H24N2O6. The lowest BCUT2D eigenvalue weighted by molar-refractivity contribution is -0.147. The highest BCUT2D eigenvalue weighted by atomic mass is 16.5. The van der Waals surface area contributed by atoms with Crippen LogP contribution in [-0.2, 0) is 14.3 Å². The highest BCUT2D eigenvalue weighted by Gasteiger charge is 2.32. The van der Waals surface area contributed by atoms with E-state index in [9.17, 15) is 14.4 Å². The summed E-state index contributed by atoms with van der Waals surface area (Å²) in [5.74, 6) is -0.469. The number of rotatable bonds is 9. The Morgan fingerprint density at radius 2 is 1.68 bits per heavy atom. The van der Waals surface area contributed by atoms with Crippen LogP contribution in [0.4, 0.5) is 5.69 Å². The normalized spacial score (nSPS) is 12.4. The predicted molar refractivity (Wildman–Crippen MR) is 115 cm³/mol. The van der Waals surface area contributed by atoms with Gasteiger partial charge in [0.15, 0.2) is 18.1 Å². The minimum absolute atomic E-state index is 0.320. The second-order valence-corrected chi connectivity index (χ2v) is 6.62. The van der Waals surface area contributed by atoms with Crippen molar-refractivity contribution < 1.29 is 28.6 Å². The number of ether oxygens (including phenoxy) is 3. The molecule has 0 bridgehead atoms. The van der Waals surface area contributed by atoms with E-state index in [1.54, 1.807) is 42.5 Å². The molecule has 0 fully saturated rings. The first-order valence-corrected chi connectivity index (χ1v) is 9.89. The maximum Gasteiger partial charge on any atom is 0.326 e. The van der Waals surface area contributed by atoms with Gasteiger partial charge in [-0.3, -0.25) is 19.3 Å². The van der Waals surface area contributed by atoms with E-state index in [1.807, 2.05) is 13.8 Å². The van der Waals surface area contributed by atoms with E-state index >= 15 is 0 Å². The van der Waals surface area contributed by atoms with Crippen LogP contribution in [0.25, 0.3) is 5.70 Å². The summed E-state index contributed by atoms with van der Waals surface area (Å²) in [5.41, 5.74) is 2.07. The van der Waals surface area contributed by atoms with Gasteiger partial charge in [0.1, 0.15) is 6.54 Å².